The van der Waals surface area contributed by atoms with Gasteiger partial charge in [0.05, 0.1) is 6.54 Å². The average molecular weight is 325 g/mol. The van der Waals surface area contributed by atoms with Crippen LogP contribution < -0.4 is 0 Å². The molecular weight excluding hydrogens is 298 g/mol. The number of rotatable bonds is 4. The summed E-state index contributed by atoms with van der Waals surface area (Å²) in [5.41, 5.74) is 1.87. The van der Waals surface area contributed by atoms with Crippen LogP contribution in [0.5, 0.6) is 0 Å². The van der Waals surface area contributed by atoms with Crippen LogP contribution in [0, 0.1) is 12.3 Å². The molecule has 4 heteroatoms. The Balaban J connectivity index is 1.29. The summed E-state index contributed by atoms with van der Waals surface area (Å²) < 4.78 is 5.73. The Morgan fingerprint density at radius 2 is 1.83 bits per heavy atom. The van der Waals surface area contributed by atoms with Gasteiger partial charge in [0.15, 0.2) is 0 Å². The molecule has 2 aromatic rings. The quantitative estimate of drug-likeness (QED) is 0.862. The molecule has 0 saturated carbocycles. The minimum atomic E-state index is 0.539. The molecule has 0 bridgehead atoms. The zero-order valence-corrected chi connectivity index (χ0v) is 14.6. The van der Waals surface area contributed by atoms with Gasteiger partial charge >= 0.3 is 0 Å². The van der Waals surface area contributed by atoms with Crippen molar-refractivity contribution in [2.45, 2.75) is 39.3 Å². The van der Waals surface area contributed by atoms with Gasteiger partial charge in [0.1, 0.15) is 11.5 Å². The second kappa shape index (κ2) is 6.69. The molecule has 2 saturated heterocycles. The first kappa shape index (κ1) is 15.9. The van der Waals surface area contributed by atoms with Crippen LogP contribution in [0.25, 0.3) is 0 Å². The molecule has 2 aliphatic heterocycles. The van der Waals surface area contributed by atoms with Crippen molar-refractivity contribution in [3.05, 3.63) is 53.7 Å². The number of nitrogens with zero attached hydrogens (tertiary/aromatic N) is 3. The topological polar surface area (TPSA) is 32.5 Å². The van der Waals surface area contributed by atoms with Crippen molar-refractivity contribution in [3.63, 3.8) is 0 Å². The van der Waals surface area contributed by atoms with E-state index in [-0.39, 0.29) is 0 Å². The number of likely N-dealkylation sites (tertiary alicyclic amines) is 2. The van der Waals surface area contributed by atoms with E-state index in [1.165, 1.54) is 51.0 Å². The number of hydrogen-bond donors (Lipinski definition) is 0. The standard InChI is InChI=1S/C20H27N3O/c1-17-4-5-19(24-17)15-22-10-6-20(7-11-22)8-12-23(16-20)14-18-3-2-9-21-13-18/h2-5,9,13H,6-8,10-12,14-16H2,1H3. The number of pyridine rings is 1. The lowest BCUT2D eigenvalue weighted by Gasteiger charge is -2.39. The molecule has 0 radical (unpaired) electrons. The Hall–Kier alpha value is -1.65. The summed E-state index contributed by atoms with van der Waals surface area (Å²) in [5, 5.41) is 0. The molecule has 4 nitrogen and oxygen atoms in total. The first-order valence-electron chi connectivity index (χ1n) is 9.10. The third-order valence-corrected chi connectivity index (χ3v) is 5.74. The van der Waals surface area contributed by atoms with Gasteiger partial charge in [0, 0.05) is 25.5 Å². The van der Waals surface area contributed by atoms with E-state index in [0.29, 0.717) is 5.41 Å². The lowest BCUT2D eigenvalue weighted by molar-refractivity contribution is 0.0966. The molecular formula is C20H27N3O. The maximum Gasteiger partial charge on any atom is 0.118 e. The van der Waals surface area contributed by atoms with Crippen molar-refractivity contribution in [3.8, 4) is 0 Å². The van der Waals surface area contributed by atoms with Crippen LogP contribution >= 0.6 is 0 Å². The third kappa shape index (κ3) is 3.55. The summed E-state index contributed by atoms with van der Waals surface area (Å²) in [6.07, 6.45) is 7.83. The van der Waals surface area contributed by atoms with Gasteiger partial charge in [-0.3, -0.25) is 14.8 Å². The van der Waals surface area contributed by atoms with Crippen LogP contribution in [0.15, 0.2) is 41.1 Å². The summed E-state index contributed by atoms with van der Waals surface area (Å²) >= 11 is 0. The fourth-order valence-electron chi connectivity index (χ4n) is 4.30. The van der Waals surface area contributed by atoms with Crippen LogP contribution in [0.3, 0.4) is 0 Å². The number of aromatic nitrogens is 1. The van der Waals surface area contributed by atoms with Crippen LogP contribution in [0.4, 0.5) is 0 Å². The molecule has 0 N–H and O–H groups in total. The molecule has 0 aliphatic carbocycles. The number of piperidine rings is 1. The van der Waals surface area contributed by atoms with Gasteiger partial charge in [-0.15, -0.1) is 0 Å². The third-order valence-electron chi connectivity index (χ3n) is 5.74. The lowest BCUT2D eigenvalue weighted by atomic mass is 9.78. The molecule has 2 fully saturated rings. The van der Waals surface area contributed by atoms with Crippen LogP contribution in [-0.4, -0.2) is 41.0 Å². The Bertz CT molecular complexity index is 659. The first-order chi connectivity index (χ1) is 11.7. The summed E-state index contributed by atoms with van der Waals surface area (Å²) in [5.74, 6) is 2.12. The Morgan fingerprint density at radius 1 is 1.04 bits per heavy atom. The molecule has 2 aliphatic rings. The van der Waals surface area contributed by atoms with E-state index in [1.807, 2.05) is 25.4 Å². The zero-order valence-electron chi connectivity index (χ0n) is 14.6. The molecule has 4 rings (SSSR count). The number of hydrogen-bond acceptors (Lipinski definition) is 4. The van der Waals surface area contributed by atoms with Crippen molar-refractivity contribution in [1.82, 2.24) is 14.8 Å². The molecule has 2 aromatic heterocycles. The largest absolute Gasteiger partial charge is 0.465 e. The van der Waals surface area contributed by atoms with E-state index in [2.05, 4.69) is 33.0 Å². The summed E-state index contributed by atoms with van der Waals surface area (Å²) in [6.45, 7) is 8.89. The highest BCUT2D eigenvalue weighted by molar-refractivity contribution is 5.09. The van der Waals surface area contributed by atoms with Crippen LogP contribution in [0.1, 0.15) is 36.3 Å². The van der Waals surface area contributed by atoms with Crippen molar-refractivity contribution < 1.29 is 4.42 Å². The van der Waals surface area contributed by atoms with Gasteiger partial charge in [0.2, 0.25) is 0 Å². The fraction of sp³-hybridized carbons (Fsp3) is 0.550. The molecule has 0 atom stereocenters. The molecule has 0 amide bonds. The average Bonchev–Trinajstić information content (AvgIpc) is 3.18. The SMILES string of the molecule is Cc1ccc(CN2CCC3(CC2)CCN(Cc2cccnc2)C3)o1. The second-order valence-electron chi connectivity index (χ2n) is 7.61. The van der Waals surface area contributed by atoms with Gasteiger partial charge in [-0.05, 0) is 75.0 Å². The van der Waals surface area contributed by atoms with E-state index in [0.717, 1.165) is 24.6 Å². The Labute approximate surface area is 144 Å². The van der Waals surface area contributed by atoms with E-state index in [4.69, 9.17) is 4.42 Å². The number of furan rings is 1. The summed E-state index contributed by atoms with van der Waals surface area (Å²) in [6, 6.07) is 8.40. The highest BCUT2D eigenvalue weighted by Crippen LogP contribution is 2.41. The van der Waals surface area contributed by atoms with Gasteiger partial charge in [0.25, 0.3) is 0 Å². The van der Waals surface area contributed by atoms with E-state index >= 15 is 0 Å². The summed E-state index contributed by atoms with van der Waals surface area (Å²) in [7, 11) is 0. The van der Waals surface area contributed by atoms with E-state index in [9.17, 15) is 0 Å². The van der Waals surface area contributed by atoms with E-state index < -0.39 is 0 Å². The Morgan fingerprint density at radius 3 is 2.50 bits per heavy atom. The predicted octanol–water partition coefficient (Wildman–Crippen LogP) is 3.47. The fourth-order valence-corrected chi connectivity index (χ4v) is 4.30. The van der Waals surface area contributed by atoms with Crippen LogP contribution in [-0.2, 0) is 13.1 Å². The van der Waals surface area contributed by atoms with Crippen molar-refractivity contribution in [2.24, 2.45) is 5.41 Å². The molecule has 4 heterocycles. The second-order valence-corrected chi connectivity index (χ2v) is 7.61. The van der Waals surface area contributed by atoms with Gasteiger partial charge < -0.3 is 4.42 Å². The smallest absolute Gasteiger partial charge is 0.118 e. The summed E-state index contributed by atoms with van der Waals surface area (Å²) in [4.78, 5) is 9.40. The van der Waals surface area contributed by atoms with Gasteiger partial charge in [-0.1, -0.05) is 6.07 Å². The minimum absolute atomic E-state index is 0.539. The maximum absolute atomic E-state index is 5.73. The highest BCUT2D eigenvalue weighted by atomic mass is 16.3. The predicted molar refractivity (Wildman–Crippen MR) is 94.5 cm³/mol. The first-order valence-corrected chi connectivity index (χ1v) is 9.10. The molecule has 1 spiro atoms. The zero-order chi connectivity index (χ0) is 16.4. The van der Waals surface area contributed by atoms with Crippen molar-refractivity contribution in [2.75, 3.05) is 26.2 Å². The highest BCUT2D eigenvalue weighted by Gasteiger charge is 2.40. The monoisotopic (exact) mass is 325 g/mol. The van der Waals surface area contributed by atoms with Gasteiger partial charge in [-0.2, -0.15) is 0 Å². The molecule has 128 valence electrons. The number of aryl methyl sites for hydroxylation is 1. The molecule has 24 heavy (non-hydrogen) atoms. The molecule has 0 aromatic carbocycles. The van der Waals surface area contributed by atoms with Crippen molar-refractivity contribution in [1.29, 1.82) is 0 Å². The molecule has 0 unspecified atom stereocenters. The maximum atomic E-state index is 5.73. The van der Waals surface area contributed by atoms with Gasteiger partial charge in [-0.25, -0.2) is 0 Å². The minimum Gasteiger partial charge on any atom is -0.465 e. The van der Waals surface area contributed by atoms with Crippen molar-refractivity contribution >= 4 is 0 Å². The lowest BCUT2D eigenvalue weighted by Crippen LogP contribution is -2.41. The van der Waals surface area contributed by atoms with E-state index in [1.54, 1.807) is 0 Å². The van der Waals surface area contributed by atoms with Crippen LogP contribution in [0.2, 0.25) is 0 Å². The normalized spacial score (nSPS) is 21.5. The Kier molecular flexibility index (Phi) is 4.42.